The first-order valence-corrected chi connectivity index (χ1v) is 12.9. The summed E-state index contributed by atoms with van der Waals surface area (Å²) in [7, 11) is 3.91. The molecule has 83 valence electrons. The fourth-order valence-corrected chi connectivity index (χ4v) is 18.8. The predicted molar refractivity (Wildman–Crippen MR) is 69.9 cm³/mol. The average molecular weight is 247 g/mol. The second-order valence-electron chi connectivity index (χ2n) is 5.21. The van der Waals surface area contributed by atoms with Gasteiger partial charge >= 0.3 is 0 Å². The molecule has 1 radical (unpaired) electrons. The molecule has 0 aliphatic carbocycles. The van der Waals surface area contributed by atoms with Crippen LogP contribution in [-0.2, 0) is 0 Å². The van der Waals surface area contributed by atoms with Crippen molar-refractivity contribution in [1.82, 2.24) is 12.7 Å². The Morgan fingerprint density at radius 1 is 0.786 bits per heavy atom. The Morgan fingerprint density at radius 2 is 1.07 bits per heavy atom. The van der Waals surface area contributed by atoms with Gasteiger partial charge in [-0.25, -0.2) is 0 Å². The number of hydrogen-bond acceptors (Lipinski definition) is 3. The molecular weight excluding hydrogens is 222 g/mol. The molecule has 0 atom stereocenters. The van der Waals surface area contributed by atoms with Crippen molar-refractivity contribution in [3.63, 3.8) is 0 Å². The average Bonchev–Trinajstić information content (AvgIpc) is 2.11. The van der Waals surface area contributed by atoms with Crippen molar-refractivity contribution in [2.75, 3.05) is 21.1 Å². The Morgan fingerprint density at radius 3 is 1.36 bits per heavy atom. The molecule has 0 unspecified atom stereocenters. The highest BCUT2D eigenvalue weighted by molar-refractivity contribution is 6.98. The molecule has 0 spiro atoms. The van der Waals surface area contributed by atoms with Gasteiger partial charge in [-0.3, -0.25) is 0 Å². The van der Waals surface area contributed by atoms with Gasteiger partial charge in [-0.15, -0.1) is 0 Å². The van der Waals surface area contributed by atoms with Gasteiger partial charge in [0.1, 0.15) is 0 Å². The molecule has 0 bridgehead atoms. The van der Waals surface area contributed by atoms with Gasteiger partial charge < -0.3 is 12.7 Å². The zero-order valence-electron chi connectivity index (χ0n) is 10.8. The minimum Gasteiger partial charge on any atom is -0.325 e. The zero-order chi connectivity index (χ0) is 11.3. The van der Waals surface area contributed by atoms with Gasteiger partial charge in [-0.2, -0.15) is 0 Å². The summed E-state index contributed by atoms with van der Waals surface area (Å²) in [6.45, 7) is 12.3. The normalized spacial score (nSPS) is 30.9. The lowest BCUT2D eigenvalue weighted by Crippen LogP contribution is -2.82. The number of hydrogen-bond donors (Lipinski definition) is 0. The summed E-state index contributed by atoms with van der Waals surface area (Å²) in [5.41, 5.74) is 0. The molecule has 1 heterocycles. The monoisotopic (exact) mass is 246 g/mol. The highest BCUT2D eigenvalue weighted by atomic mass is 28.5. The Balaban J connectivity index is 3.09. The van der Waals surface area contributed by atoms with Gasteiger partial charge in [0.15, 0.2) is 16.8 Å². The Kier molecular flexibility index (Phi) is 3.18. The minimum atomic E-state index is -1.31. The quantitative estimate of drug-likeness (QED) is 0.597. The van der Waals surface area contributed by atoms with Crippen molar-refractivity contribution in [3.8, 4) is 0 Å². The smallest absolute Gasteiger partial charge is 0.213 e. The van der Waals surface area contributed by atoms with Gasteiger partial charge in [-0.05, 0) is 53.9 Å². The molecule has 1 saturated heterocycles. The van der Waals surface area contributed by atoms with E-state index in [1.165, 1.54) is 0 Å². The van der Waals surface area contributed by atoms with Crippen LogP contribution in [0.3, 0.4) is 0 Å². The van der Waals surface area contributed by atoms with E-state index in [0.29, 0.717) is 0 Å². The van der Waals surface area contributed by atoms with Crippen molar-refractivity contribution < 1.29 is 0 Å². The summed E-state index contributed by atoms with van der Waals surface area (Å²) in [4.78, 5) is 0. The van der Waals surface area contributed by atoms with Crippen molar-refractivity contribution in [1.29, 1.82) is 0 Å². The lowest BCUT2D eigenvalue weighted by Gasteiger charge is -2.60. The minimum absolute atomic E-state index is 0.445. The van der Waals surface area contributed by atoms with E-state index >= 15 is 0 Å². The molecule has 0 aromatic rings. The third-order valence-electron chi connectivity index (χ3n) is 4.25. The first kappa shape index (κ1) is 12.6. The van der Waals surface area contributed by atoms with E-state index in [0.717, 1.165) is 0 Å². The van der Waals surface area contributed by atoms with Crippen LogP contribution in [0.1, 0.15) is 0 Å². The second-order valence-corrected chi connectivity index (χ2v) is 17.7. The lowest BCUT2D eigenvalue weighted by atomic mass is 11.5. The highest BCUT2D eigenvalue weighted by Gasteiger charge is 2.52. The SMILES string of the molecule is CN1[Si](C)N(C)[Si](C)(C)N(C)[Si]1(C)C. The molecule has 3 nitrogen and oxygen atoms in total. The van der Waals surface area contributed by atoms with Gasteiger partial charge in [0.05, 0.1) is 0 Å². The van der Waals surface area contributed by atoms with E-state index in [9.17, 15) is 0 Å². The molecule has 1 aliphatic heterocycles. The molecule has 0 saturated carbocycles. The Bertz CT molecular complexity index is 210. The van der Waals surface area contributed by atoms with Crippen molar-refractivity contribution >= 4 is 25.9 Å². The summed E-state index contributed by atoms with van der Waals surface area (Å²) in [5, 5.41) is 0. The highest BCUT2D eigenvalue weighted by Crippen LogP contribution is 2.29. The van der Waals surface area contributed by atoms with Crippen LogP contribution in [0.4, 0.5) is 0 Å². The zero-order valence-corrected chi connectivity index (χ0v) is 13.8. The van der Waals surface area contributed by atoms with Crippen LogP contribution in [0.25, 0.3) is 0 Å². The van der Waals surface area contributed by atoms with Gasteiger partial charge in [0.2, 0.25) is 9.12 Å². The number of nitrogens with zero attached hydrogens (tertiary/aromatic N) is 3. The maximum absolute atomic E-state index is 2.72. The molecule has 14 heavy (non-hydrogen) atoms. The summed E-state index contributed by atoms with van der Waals surface area (Å²) in [6.07, 6.45) is 0. The molecular formula is C8H24N3Si3. The summed E-state index contributed by atoms with van der Waals surface area (Å²) in [5.74, 6) is 0. The second kappa shape index (κ2) is 3.53. The van der Waals surface area contributed by atoms with Crippen LogP contribution in [0.5, 0.6) is 0 Å². The topological polar surface area (TPSA) is 9.72 Å². The van der Waals surface area contributed by atoms with Crippen molar-refractivity contribution in [3.05, 3.63) is 0 Å². The largest absolute Gasteiger partial charge is 0.325 e. The predicted octanol–water partition coefficient (Wildman–Crippen LogP) is 1.32. The van der Waals surface area contributed by atoms with E-state index < -0.39 is 25.9 Å². The fraction of sp³-hybridized carbons (Fsp3) is 1.00. The van der Waals surface area contributed by atoms with Crippen LogP contribution < -0.4 is 0 Å². The maximum Gasteiger partial charge on any atom is 0.213 e. The van der Waals surface area contributed by atoms with E-state index in [-0.39, 0.29) is 0 Å². The first-order chi connectivity index (χ1) is 6.13. The number of rotatable bonds is 0. The van der Waals surface area contributed by atoms with E-state index in [1.807, 2.05) is 0 Å². The maximum atomic E-state index is 2.72. The lowest BCUT2D eigenvalue weighted by molar-refractivity contribution is 0.503. The molecule has 6 heteroatoms. The fourth-order valence-electron chi connectivity index (χ4n) is 2.14. The van der Waals surface area contributed by atoms with Gasteiger partial charge in [0, 0.05) is 0 Å². The molecule has 0 amide bonds. The van der Waals surface area contributed by atoms with Crippen LogP contribution in [0.2, 0.25) is 32.7 Å². The molecule has 0 aromatic carbocycles. The standard InChI is InChI=1S/C8H24N3Si3/c1-9-12(4)10(2)14(7,8)11(3)13(9,5)6/h1-8H3. The van der Waals surface area contributed by atoms with E-state index in [4.69, 9.17) is 0 Å². The van der Waals surface area contributed by atoms with Crippen LogP contribution in [0, 0.1) is 0 Å². The van der Waals surface area contributed by atoms with Gasteiger partial charge in [0.25, 0.3) is 0 Å². The first-order valence-electron chi connectivity index (χ1n) is 5.18. The van der Waals surface area contributed by atoms with E-state index in [2.05, 4.69) is 66.6 Å². The molecule has 0 aromatic heterocycles. The summed E-state index contributed by atoms with van der Waals surface area (Å²) >= 11 is 0. The third kappa shape index (κ3) is 1.57. The van der Waals surface area contributed by atoms with E-state index in [1.54, 1.807) is 0 Å². The summed E-state index contributed by atoms with van der Waals surface area (Å²) < 4.78 is 8.07. The third-order valence-corrected chi connectivity index (χ3v) is 21.3. The van der Waals surface area contributed by atoms with Crippen LogP contribution in [0.15, 0.2) is 0 Å². The van der Waals surface area contributed by atoms with Crippen molar-refractivity contribution in [2.24, 2.45) is 0 Å². The Hall–Kier alpha value is 0.531. The van der Waals surface area contributed by atoms with Crippen LogP contribution >= 0.6 is 0 Å². The molecule has 1 rings (SSSR count). The van der Waals surface area contributed by atoms with Crippen molar-refractivity contribution in [2.45, 2.75) is 32.7 Å². The summed E-state index contributed by atoms with van der Waals surface area (Å²) in [6, 6.07) is 0. The molecule has 1 fully saturated rings. The van der Waals surface area contributed by atoms with Gasteiger partial charge in [-0.1, -0.05) is 0 Å². The van der Waals surface area contributed by atoms with Crippen LogP contribution in [-0.4, -0.2) is 59.8 Å². The molecule has 1 aliphatic rings. The molecule has 0 N–H and O–H groups in total. The Labute approximate surface area is 92.8 Å².